The minimum atomic E-state index is -4.23. The van der Waals surface area contributed by atoms with Gasteiger partial charge in [0.1, 0.15) is 18.4 Å². The largest absolute Gasteiger partial charge is 0.352 e. The van der Waals surface area contributed by atoms with Crippen LogP contribution in [0.1, 0.15) is 32.8 Å². The number of nitrogens with one attached hydrogen (secondary N) is 1. The molecule has 202 valence electrons. The fourth-order valence-electron chi connectivity index (χ4n) is 3.75. The monoisotopic (exact) mass is 559 g/mol. The molecule has 3 rings (SSSR count). The van der Waals surface area contributed by atoms with E-state index < -0.39 is 40.2 Å². The molecule has 3 aromatic rings. The van der Waals surface area contributed by atoms with E-state index in [1.807, 2.05) is 13.8 Å². The van der Waals surface area contributed by atoms with Crippen LogP contribution in [0, 0.1) is 5.82 Å². The molecular weight excluding hydrogens is 529 g/mol. The average molecular weight is 560 g/mol. The molecule has 0 saturated carbocycles. The quantitative estimate of drug-likeness (QED) is 0.358. The van der Waals surface area contributed by atoms with Gasteiger partial charge in [-0.05, 0) is 50.6 Å². The number of para-hydroxylation sites is 1. The molecule has 0 radical (unpaired) electrons. The van der Waals surface area contributed by atoms with Gasteiger partial charge >= 0.3 is 0 Å². The van der Waals surface area contributed by atoms with Gasteiger partial charge in [0, 0.05) is 18.2 Å². The molecule has 0 fully saturated rings. The van der Waals surface area contributed by atoms with Crippen molar-refractivity contribution >= 4 is 39.1 Å². The zero-order chi connectivity index (χ0) is 27.9. The van der Waals surface area contributed by atoms with Crippen molar-refractivity contribution in [2.75, 3.05) is 10.8 Å². The van der Waals surface area contributed by atoms with Gasteiger partial charge < -0.3 is 10.2 Å². The molecule has 7 nitrogen and oxygen atoms in total. The number of sulfonamides is 1. The van der Waals surface area contributed by atoms with Crippen molar-refractivity contribution in [1.82, 2.24) is 10.2 Å². The maximum atomic E-state index is 14.6. The molecule has 0 unspecified atom stereocenters. The van der Waals surface area contributed by atoms with Crippen molar-refractivity contribution in [1.29, 1.82) is 0 Å². The van der Waals surface area contributed by atoms with E-state index in [0.29, 0.717) is 6.42 Å². The molecule has 2 amide bonds. The zero-order valence-electron chi connectivity index (χ0n) is 21.5. The van der Waals surface area contributed by atoms with Crippen LogP contribution in [0.3, 0.4) is 0 Å². The standard InChI is InChI=1S/C28H31ClFN3O4S/c1-4-20(2)31-28(35)21(3)32(18-22-12-8-10-16-25(22)30)27(34)19-33(26-17-11-9-15-24(26)29)38(36,37)23-13-6-5-7-14-23/h5-17,20-21H,4,18-19H2,1-3H3,(H,31,35)/t20-,21+/m1/s1. The van der Waals surface area contributed by atoms with Crippen molar-refractivity contribution < 1.29 is 22.4 Å². The Labute approximate surface area is 228 Å². The van der Waals surface area contributed by atoms with Gasteiger partial charge in [-0.15, -0.1) is 0 Å². The summed E-state index contributed by atoms with van der Waals surface area (Å²) in [4.78, 5) is 28.0. The number of rotatable bonds is 11. The number of anilines is 1. The number of halogens is 2. The Kier molecular flexibility index (Phi) is 9.88. The van der Waals surface area contributed by atoms with Gasteiger partial charge in [0.2, 0.25) is 11.8 Å². The Morgan fingerprint density at radius 3 is 2.18 bits per heavy atom. The summed E-state index contributed by atoms with van der Waals surface area (Å²) in [6.07, 6.45) is 0.676. The highest BCUT2D eigenvalue weighted by atomic mass is 35.5. The Balaban J connectivity index is 2.04. The first-order valence-corrected chi connectivity index (χ1v) is 14.0. The second-order valence-electron chi connectivity index (χ2n) is 8.88. The first-order valence-electron chi connectivity index (χ1n) is 12.2. The summed E-state index contributed by atoms with van der Waals surface area (Å²) in [5.41, 5.74) is 0.299. The van der Waals surface area contributed by atoms with Gasteiger partial charge in [-0.2, -0.15) is 0 Å². The number of benzene rings is 3. The lowest BCUT2D eigenvalue weighted by molar-refractivity contribution is -0.139. The van der Waals surface area contributed by atoms with Crippen LogP contribution in [0.5, 0.6) is 0 Å². The number of nitrogens with zero attached hydrogens (tertiary/aromatic N) is 2. The van der Waals surface area contributed by atoms with Crippen molar-refractivity contribution in [2.45, 2.75) is 50.7 Å². The Morgan fingerprint density at radius 1 is 0.947 bits per heavy atom. The van der Waals surface area contributed by atoms with Crippen LogP contribution in [-0.2, 0) is 26.2 Å². The Morgan fingerprint density at radius 2 is 1.55 bits per heavy atom. The van der Waals surface area contributed by atoms with E-state index in [9.17, 15) is 22.4 Å². The van der Waals surface area contributed by atoms with Crippen molar-refractivity contribution in [3.63, 3.8) is 0 Å². The highest BCUT2D eigenvalue weighted by molar-refractivity contribution is 7.92. The fraction of sp³-hybridized carbons (Fsp3) is 0.286. The summed E-state index contributed by atoms with van der Waals surface area (Å²) >= 11 is 6.37. The molecule has 0 aliphatic rings. The lowest BCUT2D eigenvalue weighted by Crippen LogP contribution is -2.52. The van der Waals surface area contributed by atoms with E-state index in [2.05, 4.69) is 5.32 Å². The molecule has 0 aliphatic carbocycles. The number of carbonyl (C=O) groups excluding carboxylic acids is 2. The van der Waals surface area contributed by atoms with Crippen LogP contribution in [0.15, 0.2) is 83.8 Å². The summed E-state index contributed by atoms with van der Waals surface area (Å²) in [5.74, 6) is -1.67. The summed E-state index contributed by atoms with van der Waals surface area (Å²) in [6.45, 7) is 4.38. The van der Waals surface area contributed by atoms with E-state index in [-0.39, 0.29) is 33.8 Å². The van der Waals surface area contributed by atoms with Crippen molar-refractivity contribution in [2.24, 2.45) is 0 Å². The van der Waals surface area contributed by atoms with E-state index in [0.717, 1.165) is 4.31 Å². The summed E-state index contributed by atoms with van der Waals surface area (Å²) in [5, 5.41) is 2.96. The van der Waals surface area contributed by atoms with Crippen molar-refractivity contribution in [3.05, 3.63) is 95.3 Å². The maximum absolute atomic E-state index is 14.6. The highest BCUT2D eigenvalue weighted by Gasteiger charge is 2.33. The third kappa shape index (κ3) is 6.90. The van der Waals surface area contributed by atoms with Gasteiger partial charge in [0.05, 0.1) is 15.6 Å². The SMILES string of the molecule is CC[C@@H](C)NC(=O)[C@H](C)N(Cc1ccccc1F)C(=O)CN(c1ccccc1Cl)S(=O)(=O)c1ccccc1. The first kappa shape index (κ1) is 29.1. The second-order valence-corrected chi connectivity index (χ2v) is 11.2. The van der Waals surface area contributed by atoms with E-state index in [1.54, 1.807) is 36.4 Å². The van der Waals surface area contributed by atoms with Gasteiger partial charge in [0.15, 0.2) is 0 Å². The molecule has 1 N–H and O–H groups in total. The molecule has 10 heteroatoms. The molecule has 0 saturated heterocycles. The normalized spacial score (nSPS) is 12.9. The molecular formula is C28H31ClFN3O4S. The van der Waals surface area contributed by atoms with E-state index in [1.165, 1.54) is 54.3 Å². The minimum absolute atomic E-state index is 0.0315. The van der Waals surface area contributed by atoms with Crippen LogP contribution in [0.4, 0.5) is 10.1 Å². The predicted octanol–water partition coefficient (Wildman–Crippen LogP) is 5.01. The van der Waals surface area contributed by atoms with Gasteiger partial charge in [-0.25, -0.2) is 12.8 Å². The first-order chi connectivity index (χ1) is 18.1. The highest BCUT2D eigenvalue weighted by Crippen LogP contribution is 2.30. The molecule has 0 aromatic heterocycles. The third-order valence-corrected chi connectivity index (χ3v) is 8.29. The molecule has 3 aromatic carbocycles. The van der Waals surface area contributed by atoms with Crippen LogP contribution in [-0.4, -0.2) is 43.8 Å². The minimum Gasteiger partial charge on any atom is -0.352 e. The summed E-state index contributed by atoms with van der Waals surface area (Å²) < 4.78 is 42.9. The van der Waals surface area contributed by atoms with Crippen molar-refractivity contribution in [3.8, 4) is 0 Å². The lowest BCUT2D eigenvalue weighted by Gasteiger charge is -2.32. The Hall–Kier alpha value is -3.43. The maximum Gasteiger partial charge on any atom is 0.264 e. The van der Waals surface area contributed by atoms with Gasteiger partial charge in [-0.1, -0.05) is 67.1 Å². The molecule has 0 spiro atoms. The van der Waals surface area contributed by atoms with Crippen LogP contribution < -0.4 is 9.62 Å². The number of hydrogen-bond acceptors (Lipinski definition) is 4. The summed E-state index contributed by atoms with van der Waals surface area (Å²) in [6, 6.07) is 18.7. The molecule has 2 atom stereocenters. The van der Waals surface area contributed by atoms with Gasteiger partial charge in [-0.3, -0.25) is 13.9 Å². The van der Waals surface area contributed by atoms with Crippen LogP contribution >= 0.6 is 11.6 Å². The van der Waals surface area contributed by atoms with E-state index in [4.69, 9.17) is 11.6 Å². The molecule has 0 heterocycles. The number of hydrogen-bond donors (Lipinski definition) is 1. The Bertz CT molecular complexity index is 1370. The predicted molar refractivity (Wildman–Crippen MR) is 147 cm³/mol. The van der Waals surface area contributed by atoms with Crippen LogP contribution in [0.2, 0.25) is 5.02 Å². The summed E-state index contributed by atoms with van der Waals surface area (Å²) in [7, 11) is -4.23. The second kappa shape index (κ2) is 12.9. The average Bonchev–Trinajstić information content (AvgIpc) is 2.91. The molecule has 0 aliphatic heterocycles. The molecule has 38 heavy (non-hydrogen) atoms. The number of carbonyl (C=O) groups is 2. The molecule has 0 bridgehead atoms. The zero-order valence-corrected chi connectivity index (χ0v) is 23.0. The van der Waals surface area contributed by atoms with Gasteiger partial charge in [0.25, 0.3) is 10.0 Å². The topological polar surface area (TPSA) is 86.8 Å². The third-order valence-electron chi connectivity index (χ3n) is 6.20. The fourth-order valence-corrected chi connectivity index (χ4v) is 5.49. The lowest BCUT2D eigenvalue weighted by atomic mass is 10.1. The van der Waals surface area contributed by atoms with Crippen LogP contribution in [0.25, 0.3) is 0 Å². The van der Waals surface area contributed by atoms with E-state index >= 15 is 0 Å². The number of amides is 2. The smallest absolute Gasteiger partial charge is 0.264 e.